The minimum atomic E-state index is -0.675. The molecule has 0 bridgehead atoms. The number of likely N-dealkylation sites (tertiary alicyclic amines) is 1. The van der Waals surface area contributed by atoms with E-state index in [4.69, 9.17) is 9.47 Å². The van der Waals surface area contributed by atoms with E-state index < -0.39 is 11.6 Å². The zero-order valence-corrected chi connectivity index (χ0v) is 18.8. The van der Waals surface area contributed by atoms with Crippen LogP contribution in [0.4, 0.5) is 13.2 Å². The lowest BCUT2D eigenvalue weighted by atomic mass is 9.90. The fourth-order valence-corrected chi connectivity index (χ4v) is 4.55. The van der Waals surface area contributed by atoms with Crippen molar-refractivity contribution >= 4 is 10.9 Å². The number of methoxy groups -OCH3 is 1. The Labute approximate surface area is 192 Å². The van der Waals surface area contributed by atoms with E-state index in [0.717, 1.165) is 49.7 Å². The van der Waals surface area contributed by atoms with Crippen molar-refractivity contribution in [1.29, 1.82) is 0 Å². The molecule has 0 saturated carbocycles. The smallest absolute Gasteiger partial charge is 0.190 e. The number of aryl methyl sites for hydroxylation is 1. The lowest BCUT2D eigenvalue weighted by Crippen LogP contribution is -2.36. The van der Waals surface area contributed by atoms with Gasteiger partial charge in [-0.15, -0.1) is 0 Å². The van der Waals surface area contributed by atoms with Gasteiger partial charge in [-0.1, -0.05) is 12.5 Å². The Bertz CT molecular complexity index is 1060. The second kappa shape index (κ2) is 10.9. The van der Waals surface area contributed by atoms with Crippen molar-refractivity contribution in [2.45, 2.75) is 32.1 Å². The van der Waals surface area contributed by atoms with E-state index in [1.165, 1.54) is 24.4 Å². The zero-order chi connectivity index (χ0) is 23.2. The quantitative estimate of drug-likeness (QED) is 0.408. The molecular weight excluding hydrogens is 429 g/mol. The molecule has 7 heteroatoms. The third-order valence-electron chi connectivity index (χ3n) is 6.45. The molecule has 0 spiro atoms. The van der Waals surface area contributed by atoms with Gasteiger partial charge >= 0.3 is 0 Å². The molecule has 0 amide bonds. The van der Waals surface area contributed by atoms with Gasteiger partial charge in [-0.3, -0.25) is 9.88 Å². The van der Waals surface area contributed by atoms with Gasteiger partial charge in [-0.2, -0.15) is 0 Å². The van der Waals surface area contributed by atoms with E-state index in [0.29, 0.717) is 30.2 Å². The molecule has 0 radical (unpaired) electrons. The maximum absolute atomic E-state index is 14.5. The first-order chi connectivity index (χ1) is 16.0. The standard InChI is InChI=1S/C26H29F3N2O2/c1-32-19-8-9-25-21(16-19)20(24(29)17-30-25)5-2-4-18-10-12-31(13-11-18)14-15-33-26-22(27)6-3-7-23(26)28/h3,6-9,16-18H,2,4-5,10-15H2,1H3. The molecule has 4 nitrogen and oxygen atoms in total. The van der Waals surface area contributed by atoms with Gasteiger partial charge < -0.3 is 9.47 Å². The molecule has 1 aromatic heterocycles. The SMILES string of the molecule is COc1ccc2ncc(F)c(CCCC3CCN(CCOc4c(F)cccc4F)CC3)c2c1. The number of fused-ring (bicyclic) bond motifs is 1. The van der Waals surface area contributed by atoms with Gasteiger partial charge in [-0.25, -0.2) is 13.2 Å². The van der Waals surface area contributed by atoms with Crippen LogP contribution in [0, 0.1) is 23.4 Å². The monoisotopic (exact) mass is 458 g/mol. The Morgan fingerprint density at radius 3 is 2.52 bits per heavy atom. The summed E-state index contributed by atoms with van der Waals surface area (Å²) in [6, 6.07) is 9.26. The van der Waals surface area contributed by atoms with E-state index >= 15 is 0 Å². The van der Waals surface area contributed by atoms with Crippen LogP contribution in [-0.2, 0) is 6.42 Å². The molecule has 0 atom stereocenters. The average Bonchev–Trinajstić information content (AvgIpc) is 2.83. The number of pyridine rings is 1. The summed E-state index contributed by atoms with van der Waals surface area (Å²) in [5.74, 6) is -0.629. The lowest BCUT2D eigenvalue weighted by molar-refractivity contribution is 0.147. The first-order valence-corrected chi connectivity index (χ1v) is 11.5. The molecule has 1 saturated heterocycles. The molecule has 1 aliphatic heterocycles. The Morgan fingerprint density at radius 2 is 1.79 bits per heavy atom. The second-order valence-electron chi connectivity index (χ2n) is 8.54. The number of piperidine rings is 1. The normalized spacial score (nSPS) is 15.2. The van der Waals surface area contributed by atoms with Crippen molar-refractivity contribution in [3.05, 3.63) is 65.6 Å². The molecule has 1 fully saturated rings. The number of halogens is 3. The molecule has 4 rings (SSSR count). The number of benzene rings is 2. The van der Waals surface area contributed by atoms with Crippen LogP contribution in [0.3, 0.4) is 0 Å². The van der Waals surface area contributed by atoms with Gasteiger partial charge in [0.25, 0.3) is 0 Å². The Kier molecular flexibility index (Phi) is 7.70. The van der Waals surface area contributed by atoms with E-state index in [2.05, 4.69) is 9.88 Å². The molecule has 0 N–H and O–H groups in total. The fourth-order valence-electron chi connectivity index (χ4n) is 4.55. The predicted molar refractivity (Wildman–Crippen MR) is 122 cm³/mol. The number of aromatic nitrogens is 1. The second-order valence-corrected chi connectivity index (χ2v) is 8.54. The highest BCUT2D eigenvalue weighted by atomic mass is 19.1. The highest BCUT2D eigenvalue weighted by Gasteiger charge is 2.20. The number of nitrogens with zero attached hydrogens (tertiary/aromatic N) is 2. The highest BCUT2D eigenvalue weighted by Crippen LogP contribution is 2.28. The summed E-state index contributed by atoms with van der Waals surface area (Å²) in [4.78, 5) is 6.45. The van der Waals surface area contributed by atoms with Gasteiger partial charge in [0.1, 0.15) is 18.2 Å². The van der Waals surface area contributed by atoms with Gasteiger partial charge in [0.05, 0.1) is 18.8 Å². The van der Waals surface area contributed by atoms with Crippen LogP contribution in [0.15, 0.2) is 42.6 Å². The Balaban J connectivity index is 1.22. The van der Waals surface area contributed by atoms with Crippen LogP contribution in [0.1, 0.15) is 31.2 Å². The van der Waals surface area contributed by atoms with Gasteiger partial charge in [0.2, 0.25) is 0 Å². The van der Waals surface area contributed by atoms with Crippen LogP contribution >= 0.6 is 0 Å². The van der Waals surface area contributed by atoms with Crippen molar-refractivity contribution in [1.82, 2.24) is 9.88 Å². The molecule has 176 valence electrons. The predicted octanol–water partition coefficient (Wildman–Crippen LogP) is 5.77. The van der Waals surface area contributed by atoms with Crippen molar-refractivity contribution < 1.29 is 22.6 Å². The number of hydrogen-bond acceptors (Lipinski definition) is 4. The number of hydrogen-bond donors (Lipinski definition) is 0. The summed E-state index contributed by atoms with van der Waals surface area (Å²) in [6.45, 7) is 2.74. The third-order valence-corrected chi connectivity index (χ3v) is 6.45. The van der Waals surface area contributed by atoms with Crippen LogP contribution < -0.4 is 9.47 Å². The van der Waals surface area contributed by atoms with Crippen LogP contribution in [0.25, 0.3) is 10.9 Å². The van der Waals surface area contributed by atoms with E-state index in [9.17, 15) is 13.2 Å². The first-order valence-electron chi connectivity index (χ1n) is 11.5. The van der Waals surface area contributed by atoms with Crippen molar-refractivity contribution in [3.8, 4) is 11.5 Å². The van der Waals surface area contributed by atoms with E-state index in [1.807, 2.05) is 18.2 Å². The van der Waals surface area contributed by atoms with Gasteiger partial charge in [-0.05, 0) is 80.6 Å². The lowest BCUT2D eigenvalue weighted by Gasteiger charge is -2.31. The molecule has 2 heterocycles. The van der Waals surface area contributed by atoms with Crippen LogP contribution in [-0.4, -0.2) is 43.2 Å². The molecule has 1 aliphatic rings. The molecule has 0 unspecified atom stereocenters. The van der Waals surface area contributed by atoms with Crippen molar-refractivity contribution in [2.24, 2.45) is 5.92 Å². The number of ether oxygens (including phenoxy) is 2. The molecule has 2 aromatic carbocycles. The molecule has 3 aromatic rings. The summed E-state index contributed by atoms with van der Waals surface area (Å²) in [5.41, 5.74) is 1.48. The van der Waals surface area contributed by atoms with Gasteiger partial charge in [0, 0.05) is 11.9 Å². The number of rotatable bonds is 9. The maximum Gasteiger partial charge on any atom is 0.190 e. The topological polar surface area (TPSA) is 34.6 Å². The molecule has 33 heavy (non-hydrogen) atoms. The van der Waals surface area contributed by atoms with Crippen molar-refractivity contribution in [3.63, 3.8) is 0 Å². The highest BCUT2D eigenvalue weighted by molar-refractivity contribution is 5.83. The average molecular weight is 459 g/mol. The minimum absolute atomic E-state index is 0.250. The first kappa shape index (κ1) is 23.4. The molecule has 0 aliphatic carbocycles. The Morgan fingerprint density at radius 1 is 1.03 bits per heavy atom. The largest absolute Gasteiger partial charge is 0.497 e. The summed E-state index contributed by atoms with van der Waals surface area (Å²) in [5, 5.41) is 0.815. The van der Waals surface area contributed by atoms with E-state index in [1.54, 1.807) is 7.11 Å². The molecular formula is C26H29F3N2O2. The van der Waals surface area contributed by atoms with Crippen LogP contribution in [0.5, 0.6) is 11.5 Å². The van der Waals surface area contributed by atoms with E-state index in [-0.39, 0.29) is 18.2 Å². The van der Waals surface area contributed by atoms with Crippen LogP contribution in [0.2, 0.25) is 0 Å². The summed E-state index contributed by atoms with van der Waals surface area (Å²) < 4.78 is 52.4. The summed E-state index contributed by atoms with van der Waals surface area (Å²) in [6.07, 6.45) is 6.03. The maximum atomic E-state index is 14.5. The fraction of sp³-hybridized carbons (Fsp3) is 0.423. The summed E-state index contributed by atoms with van der Waals surface area (Å²) >= 11 is 0. The minimum Gasteiger partial charge on any atom is -0.497 e. The summed E-state index contributed by atoms with van der Waals surface area (Å²) in [7, 11) is 1.60. The zero-order valence-electron chi connectivity index (χ0n) is 18.8. The third kappa shape index (κ3) is 5.77. The van der Waals surface area contributed by atoms with Gasteiger partial charge in [0.15, 0.2) is 17.4 Å². The Hall–Kier alpha value is -2.80. The number of para-hydroxylation sites is 1. The van der Waals surface area contributed by atoms with Crippen molar-refractivity contribution in [2.75, 3.05) is 33.4 Å².